The summed E-state index contributed by atoms with van der Waals surface area (Å²) in [5.41, 5.74) is 2.67. The van der Waals surface area contributed by atoms with Gasteiger partial charge in [-0.1, -0.05) is 18.2 Å². The van der Waals surface area contributed by atoms with Gasteiger partial charge in [-0.15, -0.1) is 11.3 Å². The zero-order chi connectivity index (χ0) is 24.3. The number of urea groups is 1. The Bertz CT molecular complexity index is 1170. The molecular weight excluding hydrogens is 463 g/mol. The number of carbonyl (C=O) groups excluding carboxylic acids is 2. The van der Waals surface area contributed by atoms with E-state index >= 15 is 0 Å². The Labute approximate surface area is 189 Å². The third-order valence-corrected chi connectivity index (χ3v) is 5.45. The second-order valence-corrected chi connectivity index (χ2v) is 8.31. The van der Waals surface area contributed by atoms with E-state index in [1.807, 2.05) is 48.6 Å². The number of carboxylic acid groups (broad SMARTS) is 1. The van der Waals surface area contributed by atoms with Crippen LogP contribution in [0.25, 0.3) is 10.9 Å². The molecular formula is C20H20F3N5O4S. The molecule has 1 aliphatic rings. The summed E-state index contributed by atoms with van der Waals surface area (Å²) in [5, 5.41) is 13.6. The molecule has 3 aromatic rings. The molecule has 1 unspecified atom stereocenters. The molecule has 1 aromatic carbocycles. The Morgan fingerprint density at radius 2 is 1.94 bits per heavy atom. The van der Waals surface area contributed by atoms with Gasteiger partial charge < -0.3 is 20.3 Å². The van der Waals surface area contributed by atoms with E-state index in [9.17, 15) is 22.8 Å². The summed E-state index contributed by atoms with van der Waals surface area (Å²) < 4.78 is 31.7. The van der Waals surface area contributed by atoms with Crippen LogP contribution in [0.15, 0.2) is 35.8 Å². The molecule has 4 rings (SSSR count). The molecule has 1 aliphatic heterocycles. The largest absolute Gasteiger partial charge is 0.490 e. The number of hydrogen-bond acceptors (Lipinski definition) is 6. The van der Waals surface area contributed by atoms with Gasteiger partial charge in [-0.2, -0.15) is 13.2 Å². The smallest absolute Gasteiger partial charge is 0.475 e. The zero-order valence-electron chi connectivity index (χ0n) is 17.5. The van der Waals surface area contributed by atoms with Crippen molar-refractivity contribution in [2.75, 3.05) is 14.1 Å². The number of imide groups is 1. The molecule has 33 heavy (non-hydrogen) atoms. The van der Waals surface area contributed by atoms with Gasteiger partial charge in [-0.25, -0.2) is 14.6 Å². The SMILES string of the molecule is CN(C)Cc1csc(CN2C(=O)NC(c3c[nH]c4ccccc34)C2=O)n1.O=C(O)C(F)(F)F. The topological polar surface area (TPSA) is 119 Å². The van der Waals surface area contributed by atoms with Crippen LogP contribution in [0.3, 0.4) is 0 Å². The molecule has 1 saturated heterocycles. The highest BCUT2D eigenvalue weighted by Crippen LogP contribution is 2.29. The minimum absolute atomic E-state index is 0.196. The number of benzene rings is 1. The van der Waals surface area contributed by atoms with Gasteiger partial charge in [-0.05, 0) is 20.2 Å². The minimum atomic E-state index is -5.08. The summed E-state index contributed by atoms with van der Waals surface area (Å²) in [5.74, 6) is -3.00. The first-order chi connectivity index (χ1) is 15.5. The highest BCUT2D eigenvalue weighted by Gasteiger charge is 2.40. The molecule has 3 N–H and O–H groups in total. The average molecular weight is 483 g/mol. The van der Waals surface area contributed by atoms with E-state index in [0.29, 0.717) is 0 Å². The number of carbonyl (C=O) groups is 3. The van der Waals surface area contributed by atoms with E-state index in [0.717, 1.165) is 33.7 Å². The molecule has 1 atom stereocenters. The minimum Gasteiger partial charge on any atom is -0.475 e. The van der Waals surface area contributed by atoms with Gasteiger partial charge in [0.2, 0.25) is 0 Å². The summed E-state index contributed by atoms with van der Waals surface area (Å²) in [7, 11) is 3.95. The van der Waals surface area contributed by atoms with Gasteiger partial charge in [-0.3, -0.25) is 9.69 Å². The van der Waals surface area contributed by atoms with Crippen LogP contribution < -0.4 is 5.32 Å². The molecule has 3 heterocycles. The van der Waals surface area contributed by atoms with Gasteiger partial charge in [0, 0.05) is 34.6 Å². The third-order valence-electron chi connectivity index (χ3n) is 4.57. The van der Waals surface area contributed by atoms with Crippen molar-refractivity contribution >= 4 is 40.1 Å². The molecule has 13 heteroatoms. The molecule has 9 nitrogen and oxygen atoms in total. The maximum absolute atomic E-state index is 12.8. The summed E-state index contributed by atoms with van der Waals surface area (Å²) in [6.45, 7) is 0.927. The molecule has 1 fully saturated rings. The number of fused-ring (bicyclic) bond motifs is 1. The average Bonchev–Trinajstić information content (AvgIpc) is 3.41. The van der Waals surface area contributed by atoms with E-state index in [-0.39, 0.29) is 18.5 Å². The predicted octanol–water partition coefficient (Wildman–Crippen LogP) is 3.11. The number of halogens is 3. The molecule has 0 aliphatic carbocycles. The fraction of sp³-hybridized carbons (Fsp3) is 0.300. The highest BCUT2D eigenvalue weighted by molar-refractivity contribution is 7.09. The van der Waals surface area contributed by atoms with E-state index in [2.05, 4.69) is 15.3 Å². The number of nitrogens with one attached hydrogen (secondary N) is 2. The number of amides is 3. The van der Waals surface area contributed by atoms with Crippen LogP contribution in [-0.4, -0.2) is 63.1 Å². The van der Waals surface area contributed by atoms with Crippen molar-refractivity contribution in [1.82, 2.24) is 25.1 Å². The van der Waals surface area contributed by atoms with Crippen molar-refractivity contribution in [3.8, 4) is 0 Å². The lowest BCUT2D eigenvalue weighted by atomic mass is 10.1. The number of carboxylic acids is 1. The fourth-order valence-corrected chi connectivity index (χ4v) is 3.94. The van der Waals surface area contributed by atoms with Crippen LogP contribution in [-0.2, 0) is 22.7 Å². The van der Waals surface area contributed by atoms with Crippen LogP contribution in [0.2, 0.25) is 0 Å². The molecule has 0 radical (unpaired) electrons. The number of nitrogens with zero attached hydrogens (tertiary/aromatic N) is 3. The van der Waals surface area contributed by atoms with Gasteiger partial charge in [0.05, 0.1) is 12.2 Å². The van der Waals surface area contributed by atoms with Crippen molar-refractivity contribution in [1.29, 1.82) is 0 Å². The maximum Gasteiger partial charge on any atom is 0.490 e. The Kier molecular flexibility index (Phi) is 7.03. The first-order valence-corrected chi connectivity index (χ1v) is 10.4. The fourth-order valence-electron chi connectivity index (χ4n) is 3.17. The molecule has 2 aromatic heterocycles. The molecule has 176 valence electrons. The van der Waals surface area contributed by atoms with Crippen molar-refractivity contribution in [3.63, 3.8) is 0 Å². The van der Waals surface area contributed by atoms with Crippen LogP contribution in [0.1, 0.15) is 22.3 Å². The van der Waals surface area contributed by atoms with Crippen LogP contribution >= 0.6 is 11.3 Å². The number of aromatic amines is 1. The number of aromatic nitrogens is 2. The number of aliphatic carboxylic acids is 1. The third kappa shape index (κ3) is 5.68. The number of alkyl halides is 3. The number of para-hydroxylation sites is 1. The van der Waals surface area contributed by atoms with Crippen molar-refractivity contribution in [3.05, 3.63) is 52.1 Å². The lowest BCUT2D eigenvalue weighted by Gasteiger charge is -2.11. The number of hydrogen-bond donors (Lipinski definition) is 3. The quantitative estimate of drug-likeness (QED) is 0.480. The lowest BCUT2D eigenvalue weighted by molar-refractivity contribution is -0.192. The number of rotatable bonds is 5. The van der Waals surface area contributed by atoms with E-state index in [1.165, 1.54) is 16.2 Å². The van der Waals surface area contributed by atoms with Crippen molar-refractivity contribution in [2.45, 2.75) is 25.3 Å². The summed E-state index contributed by atoms with van der Waals surface area (Å²) >= 11 is 1.47. The Morgan fingerprint density at radius 3 is 2.58 bits per heavy atom. The summed E-state index contributed by atoms with van der Waals surface area (Å²) in [6.07, 6.45) is -3.30. The number of H-pyrrole nitrogens is 1. The lowest BCUT2D eigenvalue weighted by Crippen LogP contribution is -2.30. The van der Waals surface area contributed by atoms with Gasteiger partial charge in [0.15, 0.2) is 0 Å². The first kappa shape index (κ1) is 24.2. The molecule has 0 spiro atoms. The Hall–Kier alpha value is -3.45. The molecule has 0 bridgehead atoms. The Balaban J connectivity index is 0.000000383. The normalized spacial score (nSPS) is 16.2. The zero-order valence-corrected chi connectivity index (χ0v) is 18.3. The van der Waals surface area contributed by atoms with Crippen LogP contribution in [0, 0.1) is 0 Å². The second-order valence-electron chi connectivity index (χ2n) is 7.37. The first-order valence-electron chi connectivity index (χ1n) is 9.53. The van der Waals surface area contributed by atoms with Gasteiger partial charge in [0.1, 0.15) is 11.0 Å². The predicted molar refractivity (Wildman–Crippen MR) is 113 cm³/mol. The molecule has 3 amide bonds. The maximum atomic E-state index is 12.8. The van der Waals surface area contributed by atoms with Crippen LogP contribution in [0.5, 0.6) is 0 Å². The highest BCUT2D eigenvalue weighted by atomic mass is 32.1. The van der Waals surface area contributed by atoms with Gasteiger partial charge in [0.25, 0.3) is 5.91 Å². The second kappa shape index (κ2) is 9.58. The molecule has 0 saturated carbocycles. The summed E-state index contributed by atoms with van der Waals surface area (Å²) in [4.78, 5) is 45.0. The van der Waals surface area contributed by atoms with E-state index in [1.54, 1.807) is 6.20 Å². The van der Waals surface area contributed by atoms with Crippen LogP contribution in [0.4, 0.5) is 18.0 Å². The monoisotopic (exact) mass is 483 g/mol. The van der Waals surface area contributed by atoms with Crippen molar-refractivity contribution < 1.29 is 32.7 Å². The van der Waals surface area contributed by atoms with E-state index < -0.39 is 18.2 Å². The van der Waals surface area contributed by atoms with E-state index in [4.69, 9.17) is 9.90 Å². The number of thiazole rings is 1. The van der Waals surface area contributed by atoms with Crippen molar-refractivity contribution in [2.24, 2.45) is 0 Å². The Morgan fingerprint density at radius 1 is 1.27 bits per heavy atom. The summed E-state index contributed by atoms with van der Waals surface area (Å²) in [6, 6.07) is 6.68. The standard InChI is InChI=1S/C18H19N5O2S.C2HF3O2/c1-22(2)8-11-10-26-15(20-11)9-23-17(24)16(21-18(23)25)13-7-19-14-6-4-3-5-12(13)14;3-2(4,5)1(6)7/h3-7,10,16,19H,8-9H2,1-2H3,(H,21,25);(H,6,7). The van der Waals surface area contributed by atoms with Gasteiger partial charge >= 0.3 is 18.2 Å².